The molecule has 0 aromatic heterocycles. The number of nitrogens with zero attached hydrogens (tertiary/aromatic N) is 3. The minimum atomic E-state index is -0.951. The Bertz CT molecular complexity index is 909. The molecule has 0 aliphatic rings. The Balaban J connectivity index is 2.47. The number of nitro benzene ring substituents is 2. The Morgan fingerprint density at radius 3 is 2.22 bits per heavy atom. The van der Waals surface area contributed by atoms with Crippen molar-refractivity contribution in [2.75, 3.05) is 19.6 Å². The maximum Gasteiger partial charge on any atom is 0.359 e. The van der Waals surface area contributed by atoms with Crippen LogP contribution in [0.25, 0.3) is 0 Å². The van der Waals surface area contributed by atoms with E-state index in [0.29, 0.717) is 11.4 Å². The second kappa shape index (κ2) is 8.38. The molecule has 27 heavy (non-hydrogen) atoms. The minimum Gasteiger partial charge on any atom is -0.497 e. The van der Waals surface area contributed by atoms with Gasteiger partial charge in [0.15, 0.2) is 5.71 Å². The van der Waals surface area contributed by atoms with Crippen LogP contribution in [0.2, 0.25) is 0 Å². The number of non-ortho nitro benzene ring substituents is 1. The maximum atomic E-state index is 12.1. The molecule has 0 fully saturated rings. The van der Waals surface area contributed by atoms with E-state index < -0.39 is 32.9 Å². The van der Waals surface area contributed by atoms with E-state index >= 15 is 0 Å². The van der Waals surface area contributed by atoms with Gasteiger partial charge < -0.3 is 9.47 Å². The molecule has 0 radical (unpaired) electrons. The molecule has 0 amide bonds. The predicted molar refractivity (Wildman–Crippen MR) is 94.9 cm³/mol. The topological polar surface area (TPSA) is 146 Å². The molecule has 0 bridgehead atoms. The van der Waals surface area contributed by atoms with Gasteiger partial charge in [0.2, 0.25) is 0 Å². The van der Waals surface area contributed by atoms with Gasteiger partial charge in [-0.25, -0.2) is 4.79 Å². The summed E-state index contributed by atoms with van der Waals surface area (Å²) < 4.78 is 9.64. The first-order chi connectivity index (χ1) is 12.9. The van der Waals surface area contributed by atoms with Crippen molar-refractivity contribution in [3.63, 3.8) is 0 Å². The third-order valence-corrected chi connectivity index (χ3v) is 3.41. The molecule has 2 aromatic carbocycles. The highest BCUT2D eigenvalue weighted by atomic mass is 16.6. The summed E-state index contributed by atoms with van der Waals surface area (Å²) in [5.74, 6) is -0.350. The summed E-state index contributed by atoms with van der Waals surface area (Å²) >= 11 is 0. The van der Waals surface area contributed by atoms with Gasteiger partial charge in [-0.2, -0.15) is 5.10 Å². The zero-order chi connectivity index (χ0) is 20.0. The molecule has 0 unspecified atom stereocenters. The van der Waals surface area contributed by atoms with Gasteiger partial charge in [0, 0.05) is 6.07 Å². The first kappa shape index (κ1) is 19.3. The normalized spacial score (nSPS) is 10.8. The summed E-state index contributed by atoms with van der Waals surface area (Å²) in [6, 6.07) is 9.37. The van der Waals surface area contributed by atoms with E-state index in [1.54, 1.807) is 24.3 Å². The Labute approximate surface area is 152 Å². The average molecular weight is 374 g/mol. The number of nitro groups is 2. The number of hydrogen-bond acceptors (Lipinski definition) is 9. The number of ether oxygens (including phenoxy) is 2. The van der Waals surface area contributed by atoms with Gasteiger partial charge >= 0.3 is 5.97 Å². The van der Waals surface area contributed by atoms with Crippen LogP contribution in [0.3, 0.4) is 0 Å². The molecular weight excluding hydrogens is 360 g/mol. The summed E-state index contributed by atoms with van der Waals surface area (Å²) in [6.45, 7) is 0. The minimum absolute atomic E-state index is 0.224. The molecule has 2 aromatic rings. The maximum absolute atomic E-state index is 12.1. The fourth-order valence-corrected chi connectivity index (χ4v) is 2.08. The van der Waals surface area contributed by atoms with Crippen molar-refractivity contribution in [3.8, 4) is 5.75 Å². The van der Waals surface area contributed by atoms with E-state index in [1.807, 2.05) is 0 Å². The molecule has 0 spiro atoms. The van der Waals surface area contributed by atoms with Crippen molar-refractivity contribution in [1.82, 2.24) is 0 Å². The summed E-state index contributed by atoms with van der Waals surface area (Å²) in [5, 5.41) is 26.0. The predicted octanol–water partition coefficient (Wildman–Crippen LogP) is 2.50. The highest BCUT2D eigenvalue weighted by Crippen LogP contribution is 2.26. The van der Waals surface area contributed by atoms with Crippen LogP contribution in [0.15, 0.2) is 47.6 Å². The Hall–Kier alpha value is -4.02. The molecule has 2 rings (SSSR count). The number of carbonyl (C=O) groups excluding carboxylic acids is 1. The number of benzene rings is 2. The molecule has 11 nitrogen and oxygen atoms in total. The van der Waals surface area contributed by atoms with Crippen LogP contribution in [0.5, 0.6) is 5.75 Å². The monoisotopic (exact) mass is 374 g/mol. The number of carbonyl (C=O) groups is 1. The number of nitrogens with one attached hydrogen (secondary N) is 1. The molecular formula is C16H14N4O7. The van der Waals surface area contributed by atoms with E-state index in [4.69, 9.17) is 4.74 Å². The Morgan fingerprint density at radius 2 is 1.70 bits per heavy atom. The largest absolute Gasteiger partial charge is 0.497 e. The fourth-order valence-electron chi connectivity index (χ4n) is 2.08. The number of hydrogen-bond donors (Lipinski definition) is 1. The molecule has 0 saturated carbocycles. The van der Waals surface area contributed by atoms with E-state index in [2.05, 4.69) is 15.3 Å². The van der Waals surface area contributed by atoms with Gasteiger partial charge in [0.1, 0.15) is 5.75 Å². The molecule has 0 aliphatic heterocycles. The highest BCUT2D eigenvalue weighted by molar-refractivity contribution is 6.44. The van der Waals surface area contributed by atoms with Gasteiger partial charge in [-0.1, -0.05) is 0 Å². The zero-order valence-corrected chi connectivity index (χ0v) is 14.2. The summed E-state index contributed by atoms with van der Waals surface area (Å²) in [7, 11) is 2.59. The fraction of sp³-hybridized carbons (Fsp3) is 0.125. The smallest absolute Gasteiger partial charge is 0.359 e. The molecule has 11 heteroatoms. The van der Waals surface area contributed by atoms with E-state index in [-0.39, 0.29) is 5.56 Å². The number of esters is 1. The number of anilines is 1. The van der Waals surface area contributed by atoms with Crippen LogP contribution >= 0.6 is 0 Å². The molecule has 0 saturated heterocycles. The first-order valence-corrected chi connectivity index (χ1v) is 7.36. The van der Waals surface area contributed by atoms with Crippen LogP contribution in [-0.2, 0) is 9.53 Å². The SMILES string of the molecule is COC(=O)C(=NNc1ccc(OC)cc1)c1ccc([N+](=O)[O-])cc1[N+](=O)[O-]. The van der Waals surface area contributed by atoms with Crippen LogP contribution in [0, 0.1) is 20.2 Å². The highest BCUT2D eigenvalue weighted by Gasteiger charge is 2.27. The van der Waals surface area contributed by atoms with Gasteiger partial charge in [0.05, 0.1) is 41.4 Å². The zero-order valence-electron chi connectivity index (χ0n) is 14.2. The number of hydrazone groups is 1. The van der Waals surface area contributed by atoms with Crippen LogP contribution in [0.4, 0.5) is 17.1 Å². The third kappa shape index (κ3) is 4.54. The average Bonchev–Trinajstić information content (AvgIpc) is 2.68. The second-order valence-corrected chi connectivity index (χ2v) is 5.01. The lowest BCUT2D eigenvalue weighted by Crippen LogP contribution is -2.20. The second-order valence-electron chi connectivity index (χ2n) is 5.01. The lowest BCUT2D eigenvalue weighted by molar-refractivity contribution is -0.394. The van der Waals surface area contributed by atoms with Crippen molar-refractivity contribution in [3.05, 3.63) is 68.3 Å². The van der Waals surface area contributed by atoms with Crippen molar-refractivity contribution >= 4 is 28.7 Å². The summed E-state index contributed by atoms with van der Waals surface area (Å²) in [4.78, 5) is 32.6. The van der Waals surface area contributed by atoms with E-state index in [1.165, 1.54) is 7.11 Å². The first-order valence-electron chi connectivity index (χ1n) is 7.36. The van der Waals surface area contributed by atoms with Crippen LogP contribution in [0.1, 0.15) is 5.56 Å². The van der Waals surface area contributed by atoms with Crippen molar-refractivity contribution in [2.24, 2.45) is 5.10 Å². The van der Waals surface area contributed by atoms with Crippen LogP contribution in [-0.4, -0.2) is 35.7 Å². The number of methoxy groups -OCH3 is 2. The number of rotatable bonds is 7. The lowest BCUT2D eigenvalue weighted by atomic mass is 10.1. The quantitative estimate of drug-likeness (QED) is 0.336. The molecule has 0 heterocycles. The standard InChI is InChI=1S/C16H14N4O7/c1-26-12-6-3-10(4-7-12)17-18-15(16(21)27-2)13-8-5-11(19(22)23)9-14(13)20(24)25/h3-9,17H,1-2H3. The van der Waals surface area contributed by atoms with Gasteiger partial charge in [-0.15, -0.1) is 0 Å². The summed E-state index contributed by atoms with van der Waals surface area (Å²) in [5.41, 5.74) is 1.29. The van der Waals surface area contributed by atoms with Crippen molar-refractivity contribution in [2.45, 2.75) is 0 Å². The van der Waals surface area contributed by atoms with Crippen LogP contribution < -0.4 is 10.2 Å². The van der Waals surface area contributed by atoms with Gasteiger partial charge in [-0.3, -0.25) is 25.7 Å². The van der Waals surface area contributed by atoms with Gasteiger partial charge in [-0.05, 0) is 30.3 Å². The Kier molecular flexibility index (Phi) is 5.99. The van der Waals surface area contributed by atoms with E-state index in [9.17, 15) is 25.0 Å². The Morgan fingerprint density at radius 1 is 1.04 bits per heavy atom. The lowest BCUT2D eigenvalue weighted by Gasteiger charge is -2.07. The third-order valence-electron chi connectivity index (χ3n) is 3.41. The van der Waals surface area contributed by atoms with Crippen molar-refractivity contribution in [1.29, 1.82) is 0 Å². The molecule has 1 N–H and O–H groups in total. The van der Waals surface area contributed by atoms with Gasteiger partial charge in [0.25, 0.3) is 11.4 Å². The van der Waals surface area contributed by atoms with E-state index in [0.717, 1.165) is 25.3 Å². The molecule has 140 valence electrons. The van der Waals surface area contributed by atoms with Crippen molar-refractivity contribution < 1.29 is 24.1 Å². The molecule has 0 atom stereocenters. The summed E-state index contributed by atoms with van der Waals surface area (Å²) in [6.07, 6.45) is 0. The molecule has 0 aliphatic carbocycles.